The fourth-order valence-corrected chi connectivity index (χ4v) is 7.41. The van der Waals surface area contributed by atoms with Gasteiger partial charge in [-0.05, 0) is 57.9 Å². The first-order valence-corrected chi connectivity index (χ1v) is 18.9. The van der Waals surface area contributed by atoms with Crippen LogP contribution in [0, 0.1) is 0 Å². The molecule has 0 bridgehead atoms. The number of aromatic nitrogens is 6. The molecule has 0 aliphatic carbocycles. The molecule has 0 aliphatic rings. The molecule has 0 unspecified atom stereocenters. The molecular formula is C46H46N6O2. The van der Waals surface area contributed by atoms with Gasteiger partial charge in [0.05, 0.1) is 18.0 Å². The van der Waals surface area contributed by atoms with Crippen LogP contribution in [0.2, 0.25) is 0 Å². The largest absolute Gasteiger partial charge is 0.462 e. The molecular weight excluding hydrogens is 669 g/mol. The molecule has 0 saturated carbocycles. The normalized spacial score (nSPS) is 11.6. The molecule has 0 saturated heterocycles. The van der Waals surface area contributed by atoms with Crippen molar-refractivity contribution < 1.29 is 9.53 Å². The van der Waals surface area contributed by atoms with E-state index in [1.54, 1.807) is 4.80 Å². The van der Waals surface area contributed by atoms with Gasteiger partial charge in [0.2, 0.25) is 5.82 Å². The first-order chi connectivity index (χ1) is 26.4. The molecule has 272 valence electrons. The van der Waals surface area contributed by atoms with Crippen molar-refractivity contribution in [3.05, 3.63) is 179 Å². The Kier molecular flexibility index (Phi) is 10.9. The molecule has 0 radical (unpaired) electrons. The molecule has 2 aromatic heterocycles. The molecule has 5 aromatic carbocycles. The van der Waals surface area contributed by atoms with Crippen LogP contribution >= 0.6 is 0 Å². The van der Waals surface area contributed by atoms with Crippen molar-refractivity contribution in [1.29, 1.82) is 0 Å². The zero-order chi connectivity index (χ0) is 37.5. The molecule has 0 aliphatic heterocycles. The summed E-state index contributed by atoms with van der Waals surface area (Å²) in [6.07, 6.45) is 2.56. The lowest BCUT2D eigenvalue weighted by Gasteiger charge is -2.34. The van der Waals surface area contributed by atoms with E-state index in [2.05, 4.69) is 87.5 Å². The van der Waals surface area contributed by atoms with Crippen LogP contribution in [0.15, 0.2) is 140 Å². The predicted molar refractivity (Wildman–Crippen MR) is 213 cm³/mol. The van der Waals surface area contributed by atoms with Crippen LogP contribution in [0.25, 0.3) is 22.5 Å². The summed E-state index contributed by atoms with van der Waals surface area (Å²) in [5, 5.41) is 19.6. The van der Waals surface area contributed by atoms with Crippen LogP contribution in [0.4, 0.5) is 0 Å². The number of nitrogens with zero attached hydrogens (tertiary/aromatic N) is 6. The number of rotatable bonds is 14. The average molecular weight is 715 g/mol. The molecule has 0 N–H and O–H groups in total. The van der Waals surface area contributed by atoms with E-state index < -0.39 is 5.54 Å². The van der Waals surface area contributed by atoms with Crippen molar-refractivity contribution in [2.45, 2.75) is 65.0 Å². The summed E-state index contributed by atoms with van der Waals surface area (Å²) < 4.78 is 7.55. The van der Waals surface area contributed by atoms with Gasteiger partial charge in [-0.3, -0.25) is 4.68 Å². The predicted octanol–water partition coefficient (Wildman–Crippen LogP) is 9.73. The van der Waals surface area contributed by atoms with E-state index in [0.717, 1.165) is 69.7 Å². The molecule has 54 heavy (non-hydrogen) atoms. The maximum absolute atomic E-state index is 13.3. The zero-order valence-electron chi connectivity index (χ0n) is 31.4. The highest BCUT2D eigenvalue weighted by Crippen LogP contribution is 2.40. The fraction of sp³-hybridized carbons (Fsp3) is 0.239. The number of ether oxygens (including phenoxy) is 1. The third kappa shape index (κ3) is 6.99. The van der Waals surface area contributed by atoms with E-state index in [1.807, 2.05) is 84.4 Å². The Morgan fingerprint density at radius 1 is 0.704 bits per heavy atom. The summed E-state index contributed by atoms with van der Waals surface area (Å²) in [7, 11) is 0. The minimum atomic E-state index is -0.868. The second-order valence-corrected chi connectivity index (χ2v) is 13.8. The molecule has 8 nitrogen and oxygen atoms in total. The first kappa shape index (κ1) is 36.2. The Balaban J connectivity index is 1.26. The van der Waals surface area contributed by atoms with Gasteiger partial charge in [-0.15, -0.1) is 15.0 Å². The monoisotopic (exact) mass is 714 g/mol. The summed E-state index contributed by atoms with van der Waals surface area (Å²) >= 11 is 0. The maximum atomic E-state index is 13.3. The number of unbranched alkanes of at least 4 members (excludes halogenated alkanes) is 1. The number of hydrogen-bond donors (Lipinski definition) is 0. The van der Waals surface area contributed by atoms with E-state index in [1.165, 1.54) is 0 Å². The summed E-state index contributed by atoms with van der Waals surface area (Å²) in [4.78, 5) is 15.0. The van der Waals surface area contributed by atoms with E-state index in [-0.39, 0.29) is 11.9 Å². The fourth-order valence-electron chi connectivity index (χ4n) is 7.41. The number of carbonyl (C=O) groups excluding carboxylic acids is 1. The highest BCUT2D eigenvalue weighted by molar-refractivity contribution is 5.92. The molecule has 0 atom stereocenters. The van der Waals surface area contributed by atoms with Crippen molar-refractivity contribution in [1.82, 2.24) is 30.0 Å². The van der Waals surface area contributed by atoms with Crippen molar-refractivity contribution in [2.75, 3.05) is 6.61 Å². The highest BCUT2D eigenvalue weighted by atomic mass is 16.5. The lowest BCUT2D eigenvalue weighted by Crippen LogP contribution is -2.39. The molecule has 0 fully saturated rings. The van der Waals surface area contributed by atoms with Gasteiger partial charge in [-0.25, -0.2) is 4.79 Å². The minimum Gasteiger partial charge on any atom is -0.462 e. The van der Waals surface area contributed by atoms with Gasteiger partial charge in [0.1, 0.15) is 5.56 Å². The summed E-state index contributed by atoms with van der Waals surface area (Å²) in [6, 6.07) is 47.7. The second-order valence-electron chi connectivity index (χ2n) is 13.8. The summed E-state index contributed by atoms with van der Waals surface area (Å²) in [5.41, 5.74) is 8.45. The van der Waals surface area contributed by atoms with E-state index in [9.17, 15) is 4.79 Å². The van der Waals surface area contributed by atoms with Gasteiger partial charge < -0.3 is 4.74 Å². The number of tetrazole rings is 1. The number of esters is 1. The number of aryl methyl sites for hydroxylation is 1. The van der Waals surface area contributed by atoms with Crippen LogP contribution in [-0.4, -0.2) is 42.6 Å². The maximum Gasteiger partial charge on any atom is 0.341 e. The van der Waals surface area contributed by atoms with Gasteiger partial charge in [0, 0.05) is 18.5 Å². The van der Waals surface area contributed by atoms with Crippen LogP contribution in [0.3, 0.4) is 0 Å². The lowest BCUT2D eigenvalue weighted by molar-refractivity contribution is 0.0523. The van der Waals surface area contributed by atoms with Crippen LogP contribution in [0.5, 0.6) is 0 Å². The SMILES string of the molecule is CCCCn1nc(Cc2ccc(-c3ccccc3-c3nnn(C(c4ccccc4)(c4ccccc4)c4ccccc4)n3)cc2)c(C(=O)OCC)c1C(C)C. The van der Waals surface area contributed by atoms with Crippen LogP contribution in [0.1, 0.15) is 90.5 Å². The third-order valence-electron chi connectivity index (χ3n) is 9.91. The smallest absolute Gasteiger partial charge is 0.341 e. The second kappa shape index (κ2) is 16.3. The topological polar surface area (TPSA) is 87.7 Å². The van der Waals surface area contributed by atoms with Gasteiger partial charge >= 0.3 is 5.97 Å². The summed E-state index contributed by atoms with van der Waals surface area (Å²) in [5.74, 6) is 0.354. The van der Waals surface area contributed by atoms with Gasteiger partial charge in [0.25, 0.3) is 0 Å². The third-order valence-corrected chi connectivity index (χ3v) is 9.91. The molecule has 0 spiro atoms. The first-order valence-electron chi connectivity index (χ1n) is 18.9. The summed E-state index contributed by atoms with van der Waals surface area (Å²) in [6.45, 7) is 9.31. The molecule has 7 rings (SSSR count). The van der Waals surface area contributed by atoms with E-state index >= 15 is 0 Å². The Hall–Kier alpha value is -6.15. The Bertz CT molecular complexity index is 2200. The zero-order valence-corrected chi connectivity index (χ0v) is 31.4. The standard InChI is InChI=1S/C46H46N6O2/c1-5-7-31-51-43(33(3)4)42(45(53)54-6-2)41(48-51)32-34-27-29-35(30-28-34)39-25-17-18-26-40(39)44-47-50-52(49-44)46(36-19-11-8-12-20-36,37-21-13-9-14-22-37)38-23-15-10-16-24-38/h8-30,33H,5-7,31-32H2,1-4H3. The minimum absolute atomic E-state index is 0.131. The van der Waals surface area contributed by atoms with E-state index in [4.69, 9.17) is 25.2 Å². The lowest BCUT2D eigenvalue weighted by atomic mass is 9.77. The molecule has 2 heterocycles. The van der Waals surface area contributed by atoms with Crippen molar-refractivity contribution in [2.24, 2.45) is 0 Å². The highest BCUT2D eigenvalue weighted by Gasteiger charge is 2.41. The van der Waals surface area contributed by atoms with Crippen molar-refractivity contribution >= 4 is 5.97 Å². The van der Waals surface area contributed by atoms with Crippen LogP contribution < -0.4 is 0 Å². The average Bonchev–Trinajstić information content (AvgIpc) is 3.85. The quantitative estimate of drug-likeness (QED) is 0.0824. The Morgan fingerprint density at radius 2 is 1.26 bits per heavy atom. The van der Waals surface area contributed by atoms with Gasteiger partial charge in [-0.1, -0.05) is 167 Å². The Morgan fingerprint density at radius 3 is 1.80 bits per heavy atom. The van der Waals surface area contributed by atoms with Gasteiger partial charge in [-0.2, -0.15) is 5.10 Å². The van der Waals surface area contributed by atoms with Crippen LogP contribution in [-0.2, 0) is 23.2 Å². The molecule has 7 aromatic rings. The van der Waals surface area contributed by atoms with Crippen molar-refractivity contribution in [3.63, 3.8) is 0 Å². The number of carbonyl (C=O) groups is 1. The number of hydrogen-bond acceptors (Lipinski definition) is 6. The molecule has 8 heteroatoms. The van der Waals surface area contributed by atoms with Crippen molar-refractivity contribution in [3.8, 4) is 22.5 Å². The molecule has 0 amide bonds. The number of benzene rings is 5. The Labute approximate surface area is 317 Å². The van der Waals surface area contributed by atoms with Gasteiger partial charge in [0.15, 0.2) is 5.54 Å². The van der Waals surface area contributed by atoms with E-state index in [0.29, 0.717) is 24.4 Å².